The van der Waals surface area contributed by atoms with Gasteiger partial charge in [-0.3, -0.25) is 0 Å². The van der Waals surface area contributed by atoms with Crippen LogP contribution in [0.1, 0.15) is 161 Å². The summed E-state index contributed by atoms with van der Waals surface area (Å²) in [5.41, 5.74) is 4.55. The normalized spacial score (nSPS) is 14.9. The first kappa shape index (κ1) is 28.2. The van der Waals surface area contributed by atoms with Crippen molar-refractivity contribution in [3.05, 3.63) is 47.1 Å². The van der Waals surface area contributed by atoms with Gasteiger partial charge in [0.1, 0.15) is 0 Å². The summed E-state index contributed by atoms with van der Waals surface area (Å²) >= 11 is 0. The summed E-state index contributed by atoms with van der Waals surface area (Å²) in [6.45, 7) is 2.30. The summed E-state index contributed by atoms with van der Waals surface area (Å²) in [5, 5.41) is 0. The van der Waals surface area contributed by atoms with Crippen molar-refractivity contribution >= 4 is 0 Å². The lowest BCUT2D eigenvalue weighted by Gasteiger charge is -2.11. The molecule has 0 heteroatoms. The zero-order chi connectivity index (χ0) is 23.2. The number of hydrogen-bond donors (Lipinski definition) is 0. The number of rotatable bonds is 23. The van der Waals surface area contributed by atoms with Crippen molar-refractivity contribution in [2.24, 2.45) is 0 Å². The molecule has 0 N–H and O–H groups in total. The van der Waals surface area contributed by atoms with Crippen LogP contribution >= 0.6 is 0 Å². The first-order valence-corrected chi connectivity index (χ1v) is 15.2. The van der Waals surface area contributed by atoms with Crippen LogP contribution in [-0.4, -0.2) is 0 Å². The van der Waals surface area contributed by atoms with Crippen LogP contribution in [0.4, 0.5) is 0 Å². The molecule has 0 aromatic heterocycles. The molecular weight excluding hydrogens is 396 g/mol. The van der Waals surface area contributed by atoms with Gasteiger partial charge in [0, 0.05) is 0 Å². The smallest absolute Gasteiger partial charge is 0.0157 e. The molecule has 0 atom stereocenters. The minimum Gasteiger partial charge on any atom is -0.0801 e. The van der Waals surface area contributed by atoms with Gasteiger partial charge in [0.05, 0.1) is 0 Å². The SMILES string of the molecule is CCCCCCCCCCCCCCCCCCCCCCCCC1=CC=C2C=CCC=C21. The van der Waals surface area contributed by atoms with Crippen LogP contribution in [-0.2, 0) is 0 Å². The molecule has 33 heavy (non-hydrogen) atoms. The Morgan fingerprint density at radius 1 is 0.515 bits per heavy atom. The topological polar surface area (TPSA) is 0 Å². The Kier molecular flexibility index (Phi) is 17.4. The van der Waals surface area contributed by atoms with E-state index in [4.69, 9.17) is 0 Å². The standard InChI is InChI=1S/C33H56/c1-2-3-4-5-6-7-8-9-10-11-12-13-14-15-16-17-18-19-20-21-22-23-26-31-29-30-32-27-24-25-28-33(31)32/h24,27-30H,2-23,25-26H2,1H3. The second-order valence-corrected chi connectivity index (χ2v) is 10.7. The molecule has 0 fully saturated rings. The summed E-state index contributed by atoms with van der Waals surface area (Å²) in [6.07, 6.45) is 46.1. The summed E-state index contributed by atoms with van der Waals surface area (Å²) in [4.78, 5) is 0. The molecule has 2 aliphatic carbocycles. The Balaban J connectivity index is 1.22. The molecule has 0 radical (unpaired) electrons. The highest BCUT2D eigenvalue weighted by atomic mass is 14.2. The van der Waals surface area contributed by atoms with E-state index in [1.165, 1.54) is 159 Å². The third-order valence-electron chi connectivity index (χ3n) is 7.68. The molecule has 0 nitrogen and oxygen atoms in total. The Hall–Kier alpha value is -1.04. The van der Waals surface area contributed by atoms with Crippen LogP contribution < -0.4 is 0 Å². The fourth-order valence-corrected chi connectivity index (χ4v) is 5.47. The highest BCUT2D eigenvalue weighted by Crippen LogP contribution is 2.33. The summed E-state index contributed by atoms with van der Waals surface area (Å²) < 4.78 is 0. The molecule has 2 rings (SSSR count). The van der Waals surface area contributed by atoms with Gasteiger partial charge in [-0.05, 0) is 36.0 Å². The third kappa shape index (κ3) is 14.1. The molecule has 0 amide bonds. The molecule has 0 unspecified atom stereocenters. The zero-order valence-electron chi connectivity index (χ0n) is 22.4. The van der Waals surface area contributed by atoms with E-state index in [-0.39, 0.29) is 0 Å². The van der Waals surface area contributed by atoms with Gasteiger partial charge < -0.3 is 0 Å². The van der Waals surface area contributed by atoms with E-state index in [1.807, 2.05) is 0 Å². The molecule has 0 aliphatic heterocycles. The van der Waals surface area contributed by atoms with Gasteiger partial charge in [0.2, 0.25) is 0 Å². The number of fused-ring (bicyclic) bond motifs is 1. The molecule has 0 saturated heterocycles. The molecule has 188 valence electrons. The van der Waals surface area contributed by atoms with Crippen molar-refractivity contribution in [2.75, 3.05) is 0 Å². The summed E-state index contributed by atoms with van der Waals surface area (Å²) in [7, 11) is 0. The highest BCUT2D eigenvalue weighted by molar-refractivity contribution is 5.60. The minimum atomic E-state index is 1.11. The Morgan fingerprint density at radius 3 is 1.39 bits per heavy atom. The van der Waals surface area contributed by atoms with Crippen molar-refractivity contribution < 1.29 is 0 Å². The zero-order valence-corrected chi connectivity index (χ0v) is 22.4. The largest absolute Gasteiger partial charge is 0.0801 e. The van der Waals surface area contributed by atoms with Crippen LogP contribution in [0.15, 0.2) is 47.1 Å². The minimum absolute atomic E-state index is 1.11. The van der Waals surface area contributed by atoms with E-state index in [2.05, 4.69) is 37.3 Å². The van der Waals surface area contributed by atoms with Gasteiger partial charge in [0.25, 0.3) is 0 Å². The monoisotopic (exact) mass is 452 g/mol. The Labute approximate surface area is 208 Å². The van der Waals surface area contributed by atoms with Crippen LogP contribution in [0.25, 0.3) is 0 Å². The fraction of sp³-hybridized carbons (Fsp3) is 0.758. The molecule has 2 aliphatic rings. The maximum Gasteiger partial charge on any atom is -0.0157 e. The Morgan fingerprint density at radius 2 is 0.939 bits per heavy atom. The first-order valence-electron chi connectivity index (χ1n) is 15.2. The van der Waals surface area contributed by atoms with Gasteiger partial charge in [-0.25, -0.2) is 0 Å². The number of allylic oxidation sites excluding steroid dienone is 8. The molecule has 0 spiro atoms. The second-order valence-electron chi connectivity index (χ2n) is 10.7. The number of unbranched alkanes of at least 4 members (excludes halogenated alkanes) is 21. The lowest BCUT2D eigenvalue weighted by atomic mass is 9.94. The first-order chi connectivity index (χ1) is 16.4. The lowest BCUT2D eigenvalue weighted by Crippen LogP contribution is -1.92. The van der Waals surface area contributed by atoms with E-state index in [0.29, 0.717) is 0 Å². The highest BCUT2D eigenvalue weighted by Gasteiger charge is 2.14. The molecule has 0 aromatic carbocycles. The number of hydrogen-bond acceptors (Lipinski definition) is 0. The van der Waals surface area contributed by atoms with Crippen LogP contribution in [0.2, 0.25) is 0 Å². The van der Waals surface area contributed by atoms with E-state index in [9.17, 15) is 0 Å². The second kappa shape index (κ2) is 20.3. The lowest BCUT2D eigenvalue weighted by molar-refractivity contribution is 0.519. The predicted octanol–water partition coefficient (Wildman–Crippen LogP) is 11.7. The molecule has 0 aromatic rings. The van der Waals surface area contributed by atoms with E-state index in [0.717, 1.165) is 6.42 Å². The van der Waals surface area contributed by atoms with Gasteiger partial charge in [-0.15, -0.1) is 0 Å². The predicted molar refractivity (Wildman–Crippen MR) is 150 cm³/mol. The average molecular weight is 453 g/mol. The summed E-state index contributed by atoms with van der Waals surface area (Å²) in [5.74, 6) is 0. The van der Waals surface area contributed by atoms with Gasteiger partial charge in [0.15, 0.2) is 0 Å². The van der Waals surface area contributed by atoms with Gasteiger partial charge in [-0.2, -0.15) is 0 Å². The maximum absolute atomic E-state index is 2.41. The molecule has 0 saturated carbocycles. The van der Waals surface area contributed by atoms with Crippen molar-refractivity contribution in [1.29, 1.82) is 0 Å². The van der Waals surface area contributed by atoms with Crippen molar-refractivity contribution in [1.82, 2.24) is 0 Å². The fourth-order valence-electron chi connectivity index (χ4n) is 5.47. The quantitative estimate of drug-likeness (QED) is 0.135. The molecular formula is C33H56. The molecule has 0 bridgehead atoms. The van der Waals surface area contributed by atoms with E-state index < -0.39 is 0 Å². The summed E-state index contributed by atoms with van der Waals surface area (Å²) in [6, 6.07) is 0. The maximum atomic E-state index is 2.41. The van der Waals surface area contributed by atoms with Crippen molar-refractivity contribution in [3.8, 4) is 0 Å². The average Bonchev–Trinajstić information content (AvgIpc) is 3.25. The van der Waals surface area contributed by atoms with E-state index in [1.54, 1.807) is 5.57 Å². The molecule has 0 heterocycles. The van der Waals surface area contributed by atoms with Crippen LogP contribution in [0.3, 0.4) is 0 Å². The van der Waals surface area contributed by atoms with Crippen LogP contribution in [0, 0.1) is 0 Å². The Bertz CT molecular complexity index is 585. The van der Waals surface area contributed by atoms with Gasteiger partial charge in [-0.1, -0.05) is 172 Å². The third-order valence-corrected chi connectivity index (χ3v) is 7.68. The van der Waals surface area contributed by atoms with Gasteiger partial charge >= 0.3 is 0 Å². The van der Waals surface area contributed by atoms with E-state index >= 15 is 0 Å². The van der Waals surface area contributed by atoms with Crippen molar-refractivity contribution in [3.63, 3.8) is 0 Å². The van der Waals surface area contributed by atoms with Crippen LogP contribution in [0.5, 0.6) is 0 Å². The van der Waals surface area contributed by atoms with Crippen molar-refractivity contribution in [2.45, 2.75) is 161 Å².